The number of halogens is 1. The summed E-state index contributed by atoms with van der Waals surface area (Å²) in [6, 6.07) is 15.6. The van der Waals surface area contributed by atoms with E-state index in [9.17, 15) is 9.59 Å². The Morgan fingerprint density at radius 3 is 2.43 bits per heavy atom. The molecule has 0 saturated carbocycles. The van der Waals surface area contributed by atoms with Crippen LogP contribution in [0.2, 0.25) is 0 Å². The van der Waals surface area contributed by atoms with E-state index in [1.165, 1.54) is 19.4 Å². The molecule has 2 heterocycles. The third-order valence-corrected chi connectivity index (χ3v) is 9.03. The second-order valence-corrected chi connectivity index (χ2v) is 13.2. The molecule has 4 aromatic rings. The van der Waals surface area contributed by atoms with Crippen LogP contribution in [0.4, 0.5) is 21.7 Å². The second-order valence-electron chi connectivity index (χ2n) is 13.2. The molecule has 282 valence electrons. The van der Waals surface area contributed by atoms with Crippen LogP contribution in [0.15, 0.2) is 60.8 Å². The lowest BCUT2D eigenvalue weighted by atomic mass is 10.1. The van der Waals surface area contributed by atoms with Crippen LogP contribution in [0.5, 0.6) is 23.1 Å². The van der Waals surface area contributed by atoms with Gasteiger partial charge in [0.25, 0.3) is 5.91 Å². The summed E-state index contributed by atoms with van der Waals surface area (Å²) in [5.41, 5.74) is 3.80. The van der Waals surface area contributed by atoms with Crippen LogP contribution in [0.1, 0.15) is 53.2 Å². The lowest BCUT2D eigenvalue weighted by Crippen LogP contribution is -2.44. The maximum Gasteiger partial charge on any atom is 0.262 e. The lowest BCUT2D eigenvalue weighted by Gasteiger charge is -2.32. The first-order valence-corrected chi connectivity index (χ1v) is 18.1. The van der Waals surface area contributed by atoms with E-state index in [1.807, 2.05) is 45.0 Å². The zero-order valence-corrected chi connectivity index (χ0v) is 31.3. The fourth-order valence-electron chi connectivity index (χ4n) is 5.89. The number of aromatic nitrogens is 2. The van der Waals surface area contributed by atoms with Gasteiger partial charge in [-0.05, 0) is 81.1 Å². The van der Waals surface area contributed by atoms with E-state index in [-0.39, 0.29) is 29.0 Å². The quantitative estimate of drug-likeness (QED) is 0.104. The monoisotopic (exact) mass is 727 g/mol. The number of carbonyl (C=O) groups excluding carboxylic acids is 2. The predicted octanol–water partition coefficient (Wildman–Crippen LogP) is 6.50. The Balaban J connectivity index is 1.32. The van der Waals surface area contributed by atoms with Crippen molar-refractivity contribution in [3.63, 3.8) is 0 Å². The minimum Gasteiger partial charge on any atom is -0.493 e. The molecule has 0 atom stereocenters. The van der Waals surface area contributed by atoms with E-state index < -0.39 is 11.7 Å². The van der Waals surface area contributed by atoms with Crippen molar-refractivity contribution in [3.8, 4) is 23.1 Å². The van der Waals surface area contributed by atoms with Crippen molar-refractivity contribution < 1.29 is 28.2 Å². The molecule has 3 N–H and O–H groups in total. The van der Waals surface area contributed by atoms with E-state index in [2.05, 4.69) is 42.8 Å². The van der Waals surface area contributed by atoms with E-state index in [0.29, 0.717) is 48.9 Å². The van der Waals surface area contributed by atoms with Gasteiger partial charge in [-0.2, -0.15) is 4.98 Å². The van der Waals surface area contributed by atoms with Crippen molar-refractivity contribution in [2.24, 2.45) is 0 Å². The van der Waals surface area contributed by atoms with Crippen molar-refractivity contribution in [2.45, 2.75) is 46.5 Å². The number of piperazine rings is 1. The number of nitrogens with one attached hydrogen (secondary N) is 3. The number of para-hydroxylation sites is 1. The Labute approximate surface area is 311 Å². The molecule has 5 rings (SSSR count). The topological polar surface area (TPSA) is 130 Å². The fraction of sp³-hybridized carbons (Fsp3) is 0.400. The molecule has 1 aliphatic heterocycles. The molecule has 0 aliphatic carbocycles. The zero-order valence-electron chi connectivity index (χ0n) is 31.3. The van der Waals surface area contributed by atoms with Crippen LogP contribution in [0.25, 0.3) is 0 Å². The fourth-order valence-corrected chi connectivity index (χ4v) is 5.89. The predicted molar refractivity (Wildman–Crippen MR) is 204 cm³/mol. The van der Waals surface area contributed by atoms with Crippen LogP contribution < -0.4 is 30.2 Å². The Hall–Kier alpha value is -5.27. The number of hydrogen-bond acceptors (Lipinski definition) is 10. The van der Waals surface area contributed by atoms with Gasteiger partial charge in [-0.1, -0.05) is 31.2 Å². The highest BCUT2D eigenvalue weighted by atomic mass is 19.1. The van der Waals surface area contributed by atoms with Crippen LogP contribution in [0, 0.1) is 19.7 Å². The van der Waals surface area contributed by atoms with Crippen molar-refractivity contribution in [1.29, 1.82) is 0 Å². The number of likely N-dealkylation sites (N-methyl/N-ethyl adjacent to an activating group) is 1. The van der Waals surface area contributed by atoms with Gasteiger partial charge in [0, 0.05) is 69.3 Å². The van der Waals surface area contributed by atoms with Crippen LogP contribution in [-0.4, -0.2) is 91.6 Å². The molecule has 12 nitrogen and oxygen atoms in total. The van der Waals surface area contributed by atoms with Gasteiger partial charge in [0.15, 0.2) is 23.1 Å². The van der Waals surface area contributed by atoms with E-state index >= 15 is 4.39 Å². The molecule has 1 aliphatic rings. The number of amides is 2. The number of anilines is 3. The van der Waals surface area contributed by atoms with Gasteiger partial charge in [0.1, 0.15) is 5.56 Å². The summed E-state index contributed by atoms with van der Waals surface area (Å²) in [6.07, 6.45) is 3.86. The normalized spacial score (nSPS) is 13.3. The minimum atomic E-state index is -0.525. The van der Waals surface area contributed by atoms with Gasteiger partial charge in [0.05, 0.1) is 13.7 Å². The number of methoxy groups -OCH3 is 1. The molecule has 0 bridgehead atoms. The Morgan fingerprint density at radius 1 is 0.962 bits per heavy atom. The van der Waals surface area contributed by atoms with Crippen LogP contribution >= 0.6 is 0 Å². The number of nitrogens with zero attached hydrogens (tertiary/aromatic N) is 4. The summed E-state index contributed by atoms with van der Waals surface area (Å²) >= 11 is 0. The summed E-state index contributed by atoms with van der Waals surface area (Å²) in [7, 11) is 3.64. The molecule has 0 spiro atoms. The second kappa shape index (κ2) is 19.0. The smallest absolute Gasteiger partial charge is 0.262 e. The summed E-state index contributed by atoms with van der Waals surface area (Å²) in [4.78, 5) is 39.5. The summed E-state index contributed by atoms with van der Waals surface area (Å²) in [5, 5.41) is 8.87. The third kappa shape index (κ3) is 11.1. The number of carbonyl (C=O) groups is 2. The average Bonchev–Trinajstić information content (AvgIpc) is 3.15. The standard InChI is InChI=1S/C40H50FN7O5/c1-6-17-42-36(49)16-12-29-11-14-34(35(24-29)51-5)53-39-31(38(50)45-37-27(2)9-7-10-28(37)3)26-43-40(46-39)44-30-13-15-33(32(41)25-30)52-23-8-18-48-21-19-47(4)20-22-48/h7,9-11,13-15,24-26H,6,8,12,16-23H2,1-5H3,(H,42,49)(H,45,50)(H,43,44,46). The lowest BCUT2D eigenvalue weighted by molar-refractivity contribution is -0.121. The van der Waals surface area contributed by atoms with Gasteiger partial charge >= 0.3 is 0 Å². The molecule has 3 aromatic carbocycles. The Bertz CT molecular complexity index is 1850. The van der Waals surface area contributed by atoms with Gasteiger partial charge in [-0.15, -0.1) is 0 Å². The highest BCUT2D eigenvalue weighted by molar-refractivity contribution is 6.06. The number of hydrogen-bond donors (Lipinski definition) is 3. The molecule has 1 saturated heterocycles. The molecular formula is C40H50FN7O5. The van der Waals surface area contributed by atoms with E-state index in [1.54, 1.807) is 24.3 Å². The van der Waals surface area contributed by atoms with Gasteiger partial charge in [-0.25, -0.2) is 9.37 Å². The van der Waals surface area contributed by atoms with E-state index in [0.717, 1.165) is 62.3 Å². The van der Waals surface area contributed by atoms with Gasteiger partial charge in [-0.3, -0.25) is 9.59 Å². The summed E-state index contributed by atoms with van der Waals surface area (Å²) in [6.45, 7) is 11.9. The van der Waals surface area contributed by atoms with Crippen molar-refractivity contribution in [1.82, 2.24) is 25.1 Å². The first-order valence-electron chi connectivity index (χ1n) is 18.1. The largest absolute Gasteiger partial charge is 0.493 e. The number of rotatable bonds is 17. The van der Waals surface area contributed by atoms with Crippen LogP contribution in [0.3, 0.4) is 0 Å². The zero-order chi connectivity index (χ0) is 37.7. The first-order chi connectivity index (χ1) is 25.6. The van der Waals surface area contributed by atoms with Crippen molar-refractivity contribution in [2.75, 3.05) is 70.7 Å². The molecule has 0 radical (unpaired) electrons. The Morgan fingerprint density at radius 2 is 1.72 bits per heavy atom. The summed E-state index contributed by atoms with van der Waals surface area (Å²) < 4.78 is 32.8. The molecule has 53 heavy (non-hydrogen) atoms. The summed E-state index contributed by atoms with van der Waals surface area (Å²) in [5.74, 6) is -0.125. The molecule has 13 heteroatoms. The maximum absolute atomic E-state index is 15.1. The van der Waals surface area contributed by atoms with E-state index in [4.69, 9.17) is 14.2 Å². The number of benzene rings is 3. The first kappa shape index (κ1) is 38.9. The molecule has 1 fully saturated rings. The van der Waals surface area contributed by atoms with Crippen molar-refractivity contribution >= 4 is 29.1 Å². The molecule has 0 unspecified atom stereocenters. The molecule has 2 amide bonds. The number of ether oxygens (including phenoxy) is 3. The SMILES string of the molecule is CCCNC(=O)CCc1ccc(Oc2nc(Nc3ccc(OCCCN4CCN(C)CC4)c(F)c3)ncc2C(=O)Nc2c(C)cccc2C)c(OC)c1. The average molecular weight is 728 g/mol. The van der Waals surface area contributed by atoms with Gasteiger partial charge < -0.3 is 40.0 Å². The Kier molecular flexibility index (Phi) is 14.0. The maximum atomic E-state index is 15.1. The minimum absolute atomic E-state index is 0.0227. The van der Waals surface area contributed by atoms with Crippen LogP contribution in [-0.2, 0) is 11.2 Å². The number of aryl methyl sites for hydroxylation is 3. The van der Waals surface area contributed by atoms with Crippen molar-refractivity contribution in [3.05, 3.63) is 88.9 Å². The van der Waals surface area contributed by atoms with Gasteiger partial charge in [0.2, 0.25) is 17.7 Å². The molecular weight excluding hydrogens is 677 g/mol. The highest BCUT2D eigenvalue weighted by Crippen LogP contribution is 2.35. The third-order valence-electron chi connectivity index (χ3n) is 9.03. The highest BCUT2D eigenvalue weighted by Gasteiger charge is 2.21. The molecule has 1 aromatic heterocycles.